The minimum atomic E-state index is -5.93. The molecule has 31 heavy (non-hydrogen) atoms. The number of aliphatic hydroxyl groups is 1. The topological polar surface area (TPSA) is 63.6 Å². The Kier molecular flexibility index (Phi) is 7.12. The summed E-state index contributed by atoms with van der Waals surface area (Å²) >= 11 is 0. The van der Waals surface area contributed by atoms with Gasteiger partial charge in [0, 0.05) is 11.5 Å². The maximum absolute atomic E-state index is 14.3. The van der Waals surface area contributed by atoms with E-state index in [0.29, 0.717) is 36.5 Å². The molecule has 0 amide bonds. The van der Waals surface area contributed by atoms with Gasteiger partial charge < -0.3 is 9.29 Å². The van der Waals surface area contributed by atoms with Crippen LogP contribution in [0.3, 0.4) is 0 Å². The fraction of sp³-hybridized carbons (Fsp3) is 0.455. The number of hydrogen-bond acceptors (Lipinski definition) is 4. The Labute approximate surface area is 180 Å². The molecule has 9 heteroatoms. The summed E-state index contributed by atoms with van der Waals surface area (Å²) < 4.78 is 79.4. The number of alkyl halides is 3. The maximum atomic E-state index is 14.3. The van der Waals surface area contributed by atoms with Crippen molar-refractivity contribution in [2.45, 2.75) is 63.5 Å². The fourth-order valence-corrected chi connectivity index (χ4v) is 4.19. The Hall–Kier alpha value is -2.13. The van der Waals surface area contributed by atoms with Gasteiger partial charge in [0.1, 0.15) is 11.6 Å². The van der Waals surface area contributed by atoms with Gasteiger partial charge in [0.2, 0.25) is 0 Å². The zero-order valence-corrected chi connectivity index (χ0v) is 18.6. The van der Waals surface area contributed by atoms with Crippen LogP contribution in [0.15, 0.2) is 53.6 Å². The number of halogens is 4. The van der Waals surface area contributed by atoms with Crippen LogP contribution in [-0.4, -0.2) is 24.6 Å². The van der Waals surface area contributed by atoms with Crippen molar-refractivity contribution in [2.24, 2.45) is 0 Å². The van der Waals surface area contributed by atoms with Crippen molar-refractivity contribution >= 4 is 10.1 Å². The van der Waals surface area contributed by atoms with E-state index in [1.54, 1.807) is 26.0 Å². The van der Waals surface area contributed by atoms with Crippen LogP contribution in [-0.2, 0) is 15.5 Å². The summed E-state index contributed by atoms with van der Waals surface area (Å²) in [5.74, 6) is -1.65. The van der Waals surface area contributed by atoms with E-state index in [2.05, 4.69) is 4.18 Å². The molecular formula is C22H26F4O4S. The average molecular weight is 463 g/mol. The minimum Gasteiger partial charge on any atom is -0.386 e. The maximum Gasteiger partial charge on any atom is 0.534 e. The zero-order valence-electron chi connectivity index (χ0n) is 17.8. The number of allylic oxidation sites excluding steroid dienone is 4. The van der Waals surface area contributed by atoms with Crippen LogP contribution in [0.5, 0.6) is 5.75 Å². The number of benzene rings is 1. The van der Waals surface area contributed by atoms with Crippen molar-refractivity contribution in [3.05, 3.63) is 65.0 Å². The van der Waals surface area contributed by atoms with Gasteiger partial charge >= 0.3 is 15.6 Å². The molecule has 4 nitrogen and oxygen atoms in total. The second-order valence-electron chi connectivity index (χ2n) is 7.93. The van der Waals surface area contributed by atoms with Crippen LogP contribution in [0.4, 0.5) is 17.6 Å². The van der Waals surface area contributed by atoms with E-state index in [0.717, 1.165) is 11.6 Å². The predicted octanol–water partition coefficient (Wildman–Crippen LogP) is 5.70. The summed E-state index contributed by atoms with van der Waals surface area (Å²) in [5.41, 5.74) is -5.65. The molecule has 1 aliphatic carbocycles. The van der Waals surface area contributed by atoms with Gasteiger partial charge in [0.15, 0.2) is 0 Å². The molecule has 0 saturated heterocycles. The average Bonchev–Trinajstić information content (AvgIpc) is 2.88. The Morgan fingerprint density at radius 3 is 2.19 bits per heavy atom. The summed E-state index contributed by atoms with van der Waals surface area (Å²) in [5, 5.41) is 10.3. The van der Waals surface area contributed by atoms with Gasteiger partial charge in [-0.25, -0.2) is 4.39 Å². The van der Waals surface area contributed by atoms with E-state index in [1.165, 1.54) is 6.07 Å². The number of rotatable bonds is 7. The van der Waals surface area contributed by atoms with Crippen LogP contribution in [0.2, 0.25) is 0 Å². The molecule has 1 N–H and O–H groups in total. The molecule has 0 fully saturated rings. The van der Waals surface area contributed by atoms with Crippen LogP contribution < -0.4 is 4.18 Å². The van der Waals surface area contributed by atoms with Crippen molar-refractivity contribution in [1.29, 1.82) is 0 Å². The summed E-state index contributed by atoms with van der Waals surface area (Å²) in [7, 11) is -5.93. The highest BCUT2D eigenvalue weighted by atomic mass is 32.2. The van der Waals surface area contributed by atoms with E-state index in [9.17, 15) is 31.1 Å². The second kappa shape index (κ2) is 8.78. The molecule has 0 atom stereocenters. The Morgan fingerprint density at radius 2 is 1.68 bits per heavy atom. The van der Waals surface area contributed by atoms with Crippen molar-refractivity contribution < 1.29 is 35.3 Å². The molecule has 1 aliphatic rings. The molecular weight excluding hydrogens is 436 g/mol. The fourth-order valence-electron chi connectivity index (χ4n) is 3.75. The van der Waals surface area contributed by atoms with Gasteiger partial charge in [0.05, 0.1) is 5.60 Å². The third-order valence-electron chi connectivity index (χ3n) is 5.54. The third kappa shape index (κ3) is 5.38. The normalized spacial score (nSPS) is 15.9. The highest BCUT2D eigenvalue weighted by molar-refractivity contribution is 7.88. The monoisotopic (exact) mass is 462 g/mol. The molecule has 0 spiro atoms. The molecule has 1 aromatic rings. The Balaban J connectivity index is 2.60. The van der Waals surface area contributed by atoms with E-state index in [1.807, 2.05) is 26.0 Å². The van der Waals surface area contributed by atoms with Gasteiger partial charge in [-0.3, -0.25) is 0 Å². The zero-order chi connectivity index (χ0) is 23.7. The summed E-state index contributed by atoms with van der Waals surface area (Å²) in [6.07, 6.45) is 8.63. The van der Waals surface area contributed by atoms with Gasteiger partial charge in [-0.05, 0) is 56.4 Å². The largest absolute Gasteiger partial charge is 0.534 e. The minimum absolute atomic E-state index is 0.310. The van der Waals surface area contributed by atoms with Gasteiger partial charge in [-0.15, -0.1) is 0 Å². The lowest BCUT2D eigenvalue weighted by Crippen LogP contribution is -2.29. The van der Waals surface area contributed by atoms with Gasteiger partial charge in [0.25, 0.3) is 0 Å². The van der Waals surface area contributed by atoms with Crippen molar-refractivity contribution in [3.8, 4) is 5.75 Å². The Bertz CT molecular complexity index is 1010. The first kappa shape index (κ1) is 25.1. The molecule has 0 heterocycles. The smallest absolute Gasteiger partial charge is 0.386 e. The van der Waals surface area contributed by atoms with E-state index in [-0.39, 0.29) is 0 Å². The first-order valence-corrected chi connectivity index (χ1v) is 11.2. The first-order valence-electron chi connectivity index (χ1n) is 9.79. The lowest BCUT2D eigenvalue weighted by molar-refractivity contribution is -0.0500. The van der Waals surface area contributed by atoms with Crippen LogP contribution in [0, 0.1) is 5.82 Å². The highest BCUT2D eigenvalue weighted by Crippen LogP contribution is 2.43. The molecule has 2 rings (SSSR count). The Morgan fingerprint density at radius 1 is 1.06 bits per heavy atom. The molecule has 0 saturated carbocycles. The third-order valence-corrected chi connectivity index (χ3v) is 6.52. The molecule has 0 aliphatic heterocycles. The van der Waals surface area contributed by atoms with E-state index in [4.69, 9.17) is 0 Å². The van der Waals surface area contributed by atoms with Crippen LogP contribution in [0.1, 0.15) is 52.5 Å². The number of hydrogen-bond donors (Lipinski definition) is 1. The van der Waals surface area contributed by atoms with Gasteiger partial charge in [-0.2, -0.15) is 21.6 Å². The second-order valence-corrected chi connectivity index (χ2v) is 9.47. The summed E-state index contributed by atoms with van der Waals surface area (Å²) in [6.45, 7) is 7.01. The van der Waals surface area contributed by atoms with Gasteiger partial charge in [-0.1, -0.05) is 43.7 Å². The molecule has 1 aromatic carbocycles. The SMILES string of the molecule is CCC(CC)(C1=CC=C(C(C)(C)O)C=CC1)c1cc(F)cc(OS(=O)(=O)C(F)(F)F)c1. The molecule has 0 radical (unpaired) electrons. The quantitative estimate of drug-likeness (QED) is 0.321. The van der Waals surface area contributed by atoms with E-state index >= 15 is 0 Å². The van der Waals surface area contributed by atoms with Crippen LogP contribution >= 0.6 is 0 Å². The van der Waals surface area contributed by atoms with Crippen molar-refractivity contribution in [2.75, 3.05) is 0 Å². The summed E-state index contributed by atoms with van der Waals surface area (Å²) in [4.78, 5) is 0. The van der Waals surface area contributed by atoms with Crippen molar-refractivity contribution in [3.63, 3.8) is 0 Å². The standard InChI is InChI=1S/C22H26F4O4S/c1-5-21(6-2,16-9-7-8-15(10-11-16)20(3,4)27)17-12-18(23)14-19(13-17)30-31(28,29)22(24,25)26/h7-8,10-14,27H,5-6,9H2,1-4H3. The lowest BCUT2D eigenvalue weighted by atomic mass is 9.69. The molecule has 0 aromatic heterocycles. The molecule has 0 bridgehead atoms. The van der Waals surface area contributed by atoms with E-state index < -0.39 is 38.2 Å². The highest BCUT2D eigenvalue weighted by Gasteiger charge is 2.48. The lowest BCUT2D eigenvalue weighted by Gasteiger charge is -2.35. The summed E-state index contributed by atoms with van der Waals surface area (Å²) in [6, 6.07) is 2.92. The molecule has 172 valence electrons. The van der Waals surface area contributed by atoms with Crippen molar-refractivity contribution in [1.82, 2.24) is 0 Å². The first-order chi connectivity index (χ1) is 14.2. The molecule has 0 unspecified atom stereocenters. The predicted molar refractivity (Wildman–Crippen MR) is 110 cm³/mol. The van der Waals surface area contributed by atoms with Crippen LogP contribution in [0.25, 0.3) is 0 Å².